The van der Waals surface area contributed by atoms with Gasteiger partial charge >= 0.3 is 0 Å². The van der Waals surface area contributed by atoms with Gasteiger partial charge in [0.25, 0.3) is 0 Å². The summed E-state index contributed by atoms with van der Waals surface area (Å²) in [5, 5.41) is 11.0. The van der Waals surface area contributed by atoms with Crippen molar-refractivity contribution in [2.45, 2.75) is 32.9 Å². The van der Waals surface area contributed by atoms with Gasteiger partial charge in [0, 0.05) is 6.20 Å². The highest BCUT2D eigenvalue weighted by molar-refractivity contribution is 5.82. The van der Waals surface area contributed by atoms with Crippen LogP contribution in [0.3, 0.4) is 0 Å². The summed E-state index contributed by atoms with van der Waals surface area (Å²) in [4.78, 5) is 11.9. The van der Waals surface area contributed by atoms with E-state index in [2.05, 4.69) is 15.5 Å². The third kappa shape index (κ3) is 2.73. The fourth-order valence-electron chi connectivity index (χ4n) is 1.83. The molecule has 0 radical (unpaired) electrons. The van der Waals surface area contributed by atoms with Crippen LogP contribution in [0.5, 0.6) is 0 Å². The van der Waals surface area contributed by atoms with Crippen molar-refractivity contribution in [3.8, 4) is 0 Å². The molecule has 0 fully saturated rings. The third-order valence-electron chi connectivity index (χ3n) is 3.11. The Balaban J connectivity index is 2.16. The molecule has 0 bridgehead atoms. The lowest BCUT2D eigenvalue weighted by atomic mass is 10.0. The van der Waals surface area contributed by atoms with E-state index in [1.54, 1.807) is 0 Å². The molecule has 1 amide bonds. The number of carbonyl (C=O) groups excluding carboxylic acids is 1. The highest BCUT2D eigenvalue weighted by Crippen LogP contribution is 2.12. The summed E-state index contributed by atoms with van der Waals surface area (Å²) in [7, 11) is 0. The van der Waals surface area contributed by atoms with Crippen LogP contribution in [0.15, 0.2) is 24.4 Å². The first kappa shape index (κ1) is 13.5. The molecule has 2 aromatic rings. The predicted octanol–water partition coefficient (Wildman–Crippen LogP) is 0.890. The summed E-state index contributed by atoms with van der Waals surface area (Å²) >= 11 is 0. The lowest BCUT2D eigenvalue weighted by Crippen LogP contribution is -2.45. The predicted molar refractivity (Wildman–Crippen MR) is 72.4 cm³/mol. The lowest BCUT2D eigenvalue weighted by Gasteiger charge is -2.18. The fourth-order valence-corrected chi connectivity index (χ4v) is 1.83. The van der Waals surface area contributed by atoms with Crippen molar-refractivity contribution in [3.63, 3.8) is 0 Å². The van der Waals surface area contributed by atoms with Gasteiger partial charge in [0.2, 0.25) is 5.91 Å². The molecule has 2 rings (SSSR count). The molecule has 3 N–H and O–H groups in total. The van der Waals surface area contributed by atoms with Gasteiger partial charge in [-0.05, 0) is 25.0 Å². The quantitative estimate of drug-likeness (QED) is 0.856. The van der Waals surface area contributed by atoms with Gasteiger partial charge in [-0.15, -0.1) is 10.2 Å². The first-order chi connectivity index (χ1) is 9.00. The van der Waals surface area contributed by atoms with Gasteiger partial charge in [0.15, 0.2) is 11.5 Å². The average molecular weight is 261 g/mol. The number of amides is 1. The van der Waals surface area contributed by atoms with E-state index >= 15 is 0 Å². The van der Waals surface area contributed by atoms with Crippen molar-refractivity contribution in [2.75, 3.05) is 0 Å². The summed E-state index contributed by atoms with van der Waals surface area (Å²) in [6.45, 7) is 5.71. The van der Waals surface area contributed by atoms with Crippen molar-refractivity contribution in [1.29, 1.82) is 0 Å². The van der Waals surface area contributed by atoms with Crippen molar-refractivity contribution < 1.29 is 4.79 Å². The Hall–Kier alpha value is -1.95. The highest BCUT2D eigenvalue weighted by Gasteiger charge is 2.21. The third-order valence-corrected chi connectivity index (χ3v) is 3.11. The minimum absolute atomic E-state index is 0.0994. The average Bonchev–Trinajstić information content (AvgIpc) is 2.81. The Bertz CT molecular complexity index is 577. The molecule has 6 heteroatoms. The largest absolute Gasteiger partial charge is 0.345 e. The van der Waals surface area contributed by atoms with Crippen molar-refractivity contribution in [2.24, 2.45) is 11.7 Å². The summed E-state index contributed by atoms with van der Waals surface area (Å²) in [6.07, 6.45) is 1.87. The zero-order valence-electron chi connectivity index (χ0n) is 11.4. The van der Waals surface area contributed by atoms with E-state index in [0.717, 1.165) is 5.65 Å². The maximum atomic E-state index is 11.9. The minimum atomic E-state index is -0.512. The van der Waals surface area contributed by atoms with Crippen molar-refractivity contribution in [1.82, 2.24) is 19.9 Å². The van der Waals surface area contributed by atoms with E-state index in [9.17, 15) is 4.79 Å². The molecule has 0 aliphatic carbocycles. The number of hydrogen-bond donors (Lipinski definition) is 2. The van der Waals surface area contributed by atoms with Crippen LogP contribution in [0.4, 0.5) is 0 Å². The Morgan fingerprint density at radius 1 is 1.32 bits per heavy atom. The summed E-state index contributed by atoms with van der Waals surface area (Å²) in [5.74, 6) is 0.623. The van der Waals surface area contributed by atoms with Crippen LogP contribution in [0.25, 0.3) is 5.65 Å². The van der Waals surface area contributed by atoms with E-state index in [0.29, 0.717) is 5.82 Å². The van der Waals surface area contributed by atoms with E-state index in [4.69, 9.17) is 5.73 Å². The number of nitrogens with zero attached hydrogens (tertiary/aromatic N) is 3. The molecule has 2 heterocycles. The topological polar surface area (TPSA) is 85.3 Å². The van der Waals surface area contributed by atoms with Crippen LogP contribution >= 0.6 is 0 Å². The molecule has 2 atom stereocenters. The van der Waals surface area contributed by atoms with Gasteiger partial charge < -0.3 is 11.1 Å². The van der Waals surface area contributed by atoms with Crippen molar-refractivity contribution >= 4 is 11.6 Å². The van der Waals surface area contributed by atoms with E-state index < -0.39 is 6.04 Å². The molecule has 0 aliphatic rings. The number of aromatic nitrogens is 3. The lowest BCUT2D eigenvalue weighted by molar-refractivity contribution is -0.123. The van der Waals surface area contributed by atoms with Crippen LogP contribution in [-0.4, -0.2) is 26.5 Å². The SMILES string of the molecule is CC(NC(=O)[C@H](N)C(C)C)c1nnc2ccccn12. The van der Waals surface area contributed by atoms with Gasteiger partial charge in [-0.2, -0.15) is 0 Å². The molecule has 0 spiro atoms. The maximum absolute atomic E-state index is 11.9. The Kier molecular flexibility index (Phi) is 3.80. The van der Waals surface area contributed by atoms with Crippen LogP contribution in [0.2, 0.25) is 0 Å². The molecule has 6 nitrogen and oxygen atoms in total. The number of carbonyl (C=O) groups is 1. The first-order valence-corrected chi connectivity index (χ1v) is 6.36. The Morgan fingerprint density at radius 3 is 2.74 bits per heavy atom. The second-order valence-electron chi connectivity index (χ2n) is 4.99. The number of rotatable bonds is 4. The molecule has 0 saturated heterocycles. The monoisotopic (exact) mass is 261 g/mol. The fraction of sp³-hybridized carbons (Fsp3) is 0.462. The second kappa shape index (κ2) is 5.36. The standard InChI is InChI=1S/C13H19N5O/c1-8(2)11(14)13(19)15-9(3)12-17-16-10-6-4-5-7-18(10)12/h4-9,11H,14H2,1-3H3,(H,15,19)/t9?,11-/m1/s1. The molecule has 1 unspecified atom stereocenters. The molecule has 0 aromatic carbocycles. The number of pyridine rings is 1. The molecule has 102 valence electrons. The van der Waals surface area contributed by atoms with Crippen LogP contribution < -0.4 is 11.1 Å². The zero-order chi connectivity index (χ0) is 14.0. The Morgan fingerprint density at radius 2 is 2.05 bits per heavy atom. The summed E-state index contributed by atoms with van der Waals surface area (Å²) in [6, 6.07) is 4.90. The van der Waals surface area contributed by atoms with Gasteiger partial charge in [-0.1, -0.05) is 19.9 Å². The van der Waals surface area contributed by atoms with Crippen molar-refractivity contribution in [3.05, 3.63) is 30.2 Å². The summed E-state index contributed by atoms with van der Waals surface area (Å²) < 4.78 is 1.85. The normalized spacial score (nSPS) is 14.6. The van der Waals surface area contributed by atoms with Crippen LogP contribution in [0.1, 0.15) is 32.6 Å². The van der Waals surface area contributed by atoms with E-state index in [-0.39, 0.29) is 17.9 Å². The second-order valence-corrected chi connectivity index (χ2v) is 4.99. The highest BCUT2D eigenvalue weighted by atomic mass is 16.2. The van der Waals surface area contributed by atoms with E-state index in [1.165, 1.54) is 0 Å². The van der Waals surface area contributed by atoms with Gasteiger partial charge in [-0.25, -0.2) is 0 Å². The molecular weight excluding hydrogens is 242 g/mol. The Labute approximate surface area is 112 Å². The van der Waals surface area contributed by atoms with Crippen LogP contribution in [0, 0.1) is 5.92 Å². The molecule has 19 heavy (non-hydrogen) atoms. The number of nitrogens with two attached hydrogens (primary N) is 1. The number of nitrogens with one attached hydrogen (secondary N) is 1. The first-order valence-electron chi connectivity index (χ1n) is 6.36. The van der Waals surface area contributed by atoms with Gasteiger partial charge in [-0.3, -0.25) is 9.20 Å². The molecular formula is C13H19N5O. The summed E-state index contributed by atoms with van der Waals surface area (Å²) in [5.41, 5.74) is 6.58. The zero-order valence-corrected chi connectivity index (χ0v) is 11.4. The van der Waals surface area contributed by atoms with E-state index in [1.807, 2.05) is 49.6 Å². The van der Waals surface area contributed by atoms with Gasteiger partial charge in [0.1, 0.15) is 0 Å². The maximum Gasteiger partial charge on any atom is 0.237 e. The number of hydrogen-bond acceptors (Lipinski definition) is 4. The minimum Gasteiger partial charge on any atom is -0.345 e. The van der Waals surface area contributed by atoms with Gasteiger partial charge in [0.05, 0.1) is 12.1 Å². The molecule has 0 saturated carbocycles. The smallest absolute Gasteiger partial charge is 0.237 e. The molecule has 0 aliphatic heterocycles. The molecule has 2 aromatic heterocycles. The van der Waals surface area contributed by atoms with Crippen LogP contribution in [-0.2, 0) is 4.79 Å². The number of fused-ring (bicyclic) bond motifs is 1.